The Morgan fingerprint density at radius 2 is 1.77 bits per heavy atom. The van der Waals surface area contributed by atoms with Crippen molar-refractivity contribution < 1.29 is 18.9 Å². The monoisotopic (exact) mass is 355 g/mol. The van der Waals surface area contributed by atoms with Crippen LogP contribution >= 0.6 is 0 Å². The standard InChI is InChI=1S/C21H26N2O3/c1-3-18-17(14-8-6-7-11-19(14)26-18)12-22(2)13-23-20(24)15-9-4-5-10-16(15)21(23)25/h6-8,11,15-16H,3-5,9-10,12-13H2,1-2H3/p+1/t15-,16-/m0/s1. The first-order chi connectivity index (χ1) is 12.6. The van der Waals surface area contributed by atoms with Crippen LogP contribution in [0.2, 0.25) is 0 Å². The normalized spacial score (nSPS) is 24.3. The van der Waals surface area contributed by atoms with E-state index in [0.29, 0.717) is 6.67 Å². The molecule has 2 heterocycles. The van der Waals surface area contributed by atoms with Gasteiger partial charge in [0.1, 0.15) is 17.9 Å². The number of imide groups is 1. The minimum atomic E-state index is -0.0648. The number of hydrogen-bond donors (Lipinski definition) is 1. The molecular weight excluding hydrogens is 328 g/mol. The SMILES string of the molecule is CCc1oc2ccccc2c1C[NH+](C)CN1C(=O)[C@H]2CCCC[C@@H]2C1=O. The third-order valence-electron chi connectivity index (χ3n) is 5.94. The number of benzene rings is 1. The van der Waals surface area contributed by atoms with E-state index in [4.69, 9.17) is 4.42 Å². The summed E-state index contributed by atoms with van der Waals surface area (Å²) < 4.78 is 5.98. The molecule has 1 saturated heterocycles. The molecule has 1 N–H and O–H groups in total. The van der Waals surface area contributed by atoms with E-state index in [1.54, 1.807) is 0 Å². The van der Waals surface area contributed by atoms with E-state index in [-0.39, 0.29) is 23.7 Å². The maximum atomic E-state index is 12.7. The number of nitrogens with one attached hydrogen (secondary N) is 1. The van der Waals surface area contributed by atoms with Gasteiger partial charge in [-0.2, -0.15) is 0 Å². The predicted molar refractivity (Wildman–Crippen MR) is 98.4 cm³/mol. The van der Waals surface area contributed by atoms with Crippen LogP contribution in [0.15, 0.2) is 28.7 Å². The van der Waals surface area contributed by atoms with Gasteiger partial charge in [-0.05, 0) is 18.9 Å². The van der Waals surface area contributed by atoms with Crippen LogP contribution in [0, 0.1) is 11.8 Å². The van der Waals surface area contributed by atoms with Crippen molar-refractivity contribution >= 4 is 22.8 Å². The number of aryl methyl sites for hydroxylation is 1. The highest BCUT2D eigenvalue weighted by atomic mass is 16.3. The Labute approximate surface area is 153 Å². The van der Waals surface area contributed by atoms with Gasteiger partial charge in [-0.25, -0.2) is 4.90 Å². The number of nitrogens with zero attached hydrogens (tertiary/aromatic N) is 1. The summed E-state index contributed by atoms with van der Waals surface area (Å²) in [5.74, 6) is 0.965. The number of amides is 2. The molecule has 1 aliphatic carbocycles. The second-order valence-corrected chi connectivity index (χ2v) is 7.75. The quantitative estimate of drug-likeness (QED) is 0.836. The fraction of sp³-hybridized carbons (Fsp3) is 0.524. The highest BCUT2D eigenvalue weighted by molar-refractivity contribution is 6.05. The summed E-state index contributed by atoms with van der Waals surface area (Å²) in [6.45, 7) is 3.27. The number of furan rings is 1. The minimum Gasteiger partial charge on any atom is -0.461 e. The molecule has 1 aromatic heterocycles. The second kappa shape index (κ2) is 6.88. The molecule has 2 fully saturated rings. The van der Waals surface area contributed by atoms with Crippen LogP contribution in [0.5, 0.6) is 0 Å². The molecule has 26 heavy (non-hydrogen) atoms. The van der Waals surface area contributed by atoms with Gasteiger partial charge in [0.05, 0.1) is 24.4 Å². The van der Waals surface area contributed by atoms with Gasteiger partial charge in [-0.1, -0.05) is 38.0 Å². The van der Waals surface area contributed by atoms with Crippen LogP contribution in [-0.4, -0.2) is 30.4 Å². The molecule has 0 bridgehead atoms. The summed E-state index contributed by atoms with van der Waals surface area (Å²) in [7, 11) is 2.05. The zero-order valence-corrected chi connectivity index (χ0v) is 15.6. The molecule has 5 heteroatoms. The maximum Gasteiger partial charge on any atom is 0.237 e. The molecule has 3 atom stereocenters. The first-order valence-corrected chi connectivity index (χ1v) is 9.76. The molecule has 1 unspecified atom stereocenters. The first kappa shape index (κ1) is 17.3. The van der Waals surface area contributed by atoms with Crippen molar-refractivity contribution in [3.63, 3.8) is 0 Å². The number of fused-ring (bicyclic) bond motifs is 2. The molecular formula is C21H27N2O3+. The summed E-state index contributed by atoms with van der Waals surface area (Å²) >= 11 is 0. The van der Waals surface area contributed by atoms with E-state index in [9.17, 15) is 9.59 Å². The van der Waals surface area contributed by atoms with Gasteiger partial charge in [-0.3, -0.25) is 9.59 Å². The molecule has 1 saturated carbocycles. The van der Waals surface area contributed by atoms with Crippen molar-refractivity contribution in [3.05, 3.63) is 35.6 Å². The molecule has 2 amide bonds. The Morgan fingerprint density at radius 1 is 1.12 bits per heavy atom. The lowest BCUT2D eigenvalue weighted by Crippen LogP contribution is -3.09. The lowest BCUT2D eigenvalue weighted by Gasteiger charge is -2.20. The molecule has 0 spiro atoms. The predicted octanol–water partition coefficient (Wildman–Crippen LogP) is 2.14. The van der Waals surface area contributed by atoms with E-state index in [0.717, 1.165) is 60.3 Å². The van der Waals surface area contributed by atoms with Crippen LogP contribution in [-0.2, 0) is 22.6 Å². The summed E-state index contributed by atoms with van der Waals surface area (Å²) in [6, 6.07) is 8.08. The zero-order valence-electron chi connectivity index (χ0n) is 15.6. The highest BCUT2D eigenvalue weighted by Crippen LogP contribution is 2.37. The minimum absolute atomic E-state index is 0.0480. The number of likely N-dealkylation sites (tertiary alicyclic amines) is 1. The third-order valence-corrected chi connectivity index (χ3v) is 5.94. The van der Waals surface area contributed by atoms with Gasteiger partial charge in [0.15, 0.2) is 6.67 Å². The van der Waals surface area contributed by atoms with Gasteiger partial charge >= 0.3 is 0 Å². The van der Waals surface area contributed by atoms with Crippen LogP contribution in [0.25, 0.3) is 11.0 Å². The van der Waals surface area contributed by atoms with Gasteiger partial charge in [0, 0.05) is 11.8 Å². The molecule has 4 rings (SSSR count). The number of para-hydroxylation sites is 1. The highest BCUT2D eigenvalue weighted by Gasteiger charge is 2.49. The summed E-state index contributed by atoms with van der Waals surface area (Å²) in [5.41, 5.74) is 2.10. The average molecular weight is 355 g/mol. The second-order valence-electron chi connectivity index (χ2n) is 7.75. The Morgan fingerprint density at radius 3 is 2.42 bits per heavy atom. The van der Waals surface area contributed by atoms with Crippen LogP contribution in [0.4, 0.5) is 0 Å². The molecule has 2 aromatic rings. The average Bonchev–Trinajstić information content (AvgIpc) is 3.13. The fourth-order valence-electron chi connectivity index (χ4n) is 4.64. The molecule has 2 aliphatic rings. The zero-order chi connectivity index (χ0) is 18.3. The van der Waals surface area contributed by atoms with E-state index >= 15 is 0 Å². The Bertz CT molecular complexity index is 817. The molecule has 0 radical (unpaired) electrons. The summed E-state index contributed by atoms with van der Waals surface area (Å²) in [6.07, 6.45) is 4.71. The number of carbonyl (C=O) groups excluding carboxylic acids is 2. The molecule has 1 aromatic carbocycles. The van der Waals surface area contributed by atoms with Gasteiger partial charge in [-0.15, -0.1) is 0 Å². The summed E-state index contributed by atoms with van der Waals surface area (Å²) in [5, 5.41) is 1.14. The maximum absolute atomic E-state index is 12.7. The Hall–Kier alpha value is -2.14. The van der Waals surface area contributed by atoms with E-state index in [1.807, 2.05) is 25.2 Å². The lowest BCUT2D eigenvalue weighted by molar-refractivity contribution is -0.901. The van der Waals surface area contributed by atoms with Crippen molar-refractivity contribution in [1.29, 1.82) is 0 Å². The summed E-state index contributed by atoms with van der Waals surface area (Å²) in [4.78, 5) is 28.0. The van der Waals surface area contributed by atoms with Crippen molar-refractivity contribution in [1.82, 2.24) is 4.90 Å². The van der Waals surface area contributed by atoms with Crippen LogP contribution in [0.1, 0.15) is 43.9 Å². The fourth-order valence-corrected chi connectivity index (χ4v) is 4.64. The third kappa shape index (κ3) is 2.84. The smallest absolute Gasteiger partial charge is 0.237 e. The van der Waals surface area contributed by atoms with Gasteiger partial charge < -0.3 is 9.32 Å². The number of hydrogen-bond acceptors (Lipinski definition) is 3. The molecule has 1 aliphatic heterocycles. The number of carbonyl (C=O) groups is 2. The molecule has 5 nitrogen and oxygen atoms in total. The van der Waals surface area contributed by atoms with Crippen molar-refractivity contribution in [3.8, 4) is 0 Å². The first-order valence-electron chi connectivity index (χ1n) is 9.76. The van der Waals surface area contributed by atoms with Gasteiger partial charge in [0.25, 0.3) is 0 Å². The number of rotatable bonds is 5. The van der Waals surface area contributed by atoms with Gasteiger partial charge in [0.2, 0.25) is 11.8 Å². The van der Waals surface area contributed by atoms with Crippen molar-refractivity contribution in [2.45, 2.75) is 45.6 Å². The number of quaternary nitrogens is 1. The van der Waals surface area contributed by atoms with Crippen molar-refractivity contribution in [2.75, 3.05) is 13.7 Å². The van der Waals surface area contributed by atoms with E-state index < -0.39 is 0 Å². The largest absolute Gasteiger partial charge is 0.461 e. The Balaban J connectivity index is 1.52. The topological polar surface area (TPSA) is 55.0 Å². The van der Waals surface area contributed by atoms with Crippen LogP contribution in [0.3, 0.4) is 0 Å². The van der Waals surface area contributed by atoms with Crippen molar-refractivity contribution in [2.24, 2.45) is 11.8 Å². The van der Waals surface area contributed by atoms with E-state index in [2.05, 4.69) is 13.0 Å². The molecule has 138 valence electrons. The lowest BCUT2D eigenvalue weighted by atomic mass is 9.81. The Kier molecular flexibility index (Phi) is 4.57. The van der Waals surface area contributed by atoms with E-state index in [1.165, 1.54) is 10.5 Å². The van der Waals surface area contributed by atoms with Crippen LogP contribution < -0.4 is 4.90 Å².